The molecule has 36 heavy (non-hydrogen) atoms. The maximum Gasteiger partial charge on any atom is 0.328 e. The van der Waals surface area contributed by atoms with Crippen LogP contribution in [0.2, 0.25) is 0 Å². The summed E-state index contributed by atoms with van der Waals surface area (Å²) < 4.78 is 9.98. The summed E-state index contributed by atoms with van der Waals surface area (Å²) in [5.74, 6) is -1.49. The number of nitrogens with one attached hydrogen (secondary N) is 4. The van der Waals surface area contributed by atoms with Crippen LogP contribution in [0.15, 0.2) is 59.7 Å². The number of ether oxygens (including phenoxy) is 2. The third-order valence-electron chi connectivity index (χ3n) is 4.74. The van der Waals surface area contributed by atoms with Crippen molar-refractivity contribution >= 4 is 47.8 Å². The van der Waals surface area contributed by atoms with E-state index in [-0.39, 0.29) is 11.1 Å². The molecule has 0 saturated carbocycles. The van der Waals surface area contributed by atoms with Gasteiger partial charge in [-0.05, 0) is 47.5 Å². The van der Waals surface area contributed by atoms with Crippen LogP contribution in [0.3, 0.4) is 0 Å². The molecule has 0 aliphatic carbocycles. The van der Waals surface area contributed by atoms with Gasteiger partial charge in [0.25, 0.3) is 23.6 Å². The van der Waals surface area contributed by atoms with Crippen molar-refractivity contribution in [1.29, 1.82) is 0 Å². The molecule has 4 rings (SSSR count). The Hall–Kier alpha value is -5.26. The summed E-state index contributed by atoms with van der Waals surface area (Å²) in [5.41, 5.74) is 1.09. The number of urea groups is 2. The van der Waals surface area contributed by atoms with E-state index in [2.05, 4.69) is 0 Å². The number of benzene rings is 2. The van der Waals surface area contributed by atoms with E-state index in [1.807, 2.05) is 21.3 Å². The molecular weight excluding hydrogens is 472 g/mol. The van der Waals surface area contributed by atoms with E-state index in [9.17, 15) is 28.8 Å². The lowest BCUT2D eigenvalue weighted by atomic mass is 10.1. The Balaban J connectivity index is 0.000000201. The SMILES string of the molecule is COc1ccc(C=C2C(=O)NC(=O)NC2=O)cc1.COc1ccc(C=C2C(=O)NC(=O)NC2=O)cc1. The van der Waals surface area contributed by atoms with Crippen molar-refractivity contribution in [3.05, 3.63) is 70.8 Å². The molecule has 0 bridgehead atoms. The number of carbonyl (C=O) groups excluding carboxylic acids is 6. The van der Waals surface area contributed by atoms with Gasteiger partial charge in [-0.1, -0.05) is 24.3 Å². The molecule has 2 aliphatic heterocycles. The minimum Gasteiger partial charge on any atom is -0.497 e. The van der Waals surface area contributed by atoms with Gasteiger partial charge in [0.1, 0.15) is 22.6 Å². The van der Waals surface area contributed by atoms with Crippen molar-refractivity contribution in [2.45, 2.75) is 0 Å². The van der Waals surface area contributed by atoms with Gasteiger partial charge in [-0.2, -0.15) is 0 Å². The zero-order valence-corrected chi connectivity index (χ0v) is 19.0. The van der Waals surface area contributed by atoms with Crippen LogP contribution < -0.4 is 30.7 Å². The Bertz CT molecular complexity index is 1150. The molecule has 2 fully saturated rings. The highest BCUT2D eigenvalue weighted by Crippen LogP contribution is 2.16. The lowest BCUT2D eigenvalue weighted by molar-refractivity contribution is -0.125. The average Bonchev–Trinajstić information content (AvgIpc) is 2.85. The van der Waals surface area contributed by atoms with E-state index in [1.54, 1.807) is 62.8 Å². The number of methoxy groups -OCH3 is 2. The van der Waals surface area contributed by atoms with E-state index < -0.39 is 35.7 Å². The molecule has 8 amide bonds. The first-order chi connectivity index (χ1) is 17.2. The molecule has 4 N–H and O–H groups in total. The number of hydrogen-bond acceptors (Lipinski definition) is 8. The molecule has 2 heterocycles. The summed E-state index contributed by atoms with van der Waals surface area (Å²) in [6.07, 6.45) is 2.80. The molecule has 2 aromatic carbocycles. The Morgan fingerprint density at radius 3 is 1.03 bits per heavy atom. The molecule has 12 heteroatoms. The Kier molecular flexibility index (Phi) is 7.92. The van der Waals surface area contributed by atoms with E-state index in [4.69, 9.17) is 9.47 Å². The zero-order valence-electron chi connectivity index (χ0n) is 19.0. The van der Waals surface area contributed by atoms with E-state index in [0.717, 1.165) is 0 Å². The fourth-order valence-corrected chi connectivity index (χ4v) is 2.95. The molecular formula is C24H20N4O8. The van der Waals surface area contributed by atoms with Gasteiger partial charge >= 0.3 is 12.1 Å². The molecule has 0 aromatic heterocycles. The second kappa shape index (κ2) is 11.2. The van der Waals surface area contributed by atoms with Crippen molar-refractivity contribution < 1.29 is 38.2 Å². The largest absolute Gasteiger partial charge is 0.497 e. The average molecular weight is 492 g/mol. The van der Waals surface area contributed by atoms with Crippen LogP contribution in [0.25, 0.3) is 12.2 Å². The lowest BCUT2D eigenvalue weighted by Crippen LogP contribution is -2.51. The second-order valence-electron chi connectivity index (χ2n) is 7.14. The summed E-state index contributed by atoms with van der Waals surface area (Å²) in [4.78, 5) is 67.5. The van der Waals surface area contributed by atoms with Gasteiger partial charge in [-0.3, -0.25) is 40.4 Å². The predicted molar refractivity (Wildman–Crippen MR) is 125 cm³/mol. The first-order valence-electron chi connectivity index (χ1n) is 10.2. The molecule has 2 aromatic rings. The number of rotatable bonds is 4. The van der Waals surface area contributed by atoms with Gasteiger partial charge in [0.05, 0.1) is 14.2 Å². The molecule has 0 spiro atoms. The van der Waals surface area contributed by atoms with E-state index in [0.29, 0.717) is 22.6 Å². The van der Waals surface area contributed by atoms with Crippen molar-refractivity contribution in [3.63, 3.8) is 0 Å². The molecule has 12 nitrogen and oxygen atoms in total. The molecule has 0 unspecified atom stereocenters. The first kappa shape index (κ1) is 25.4. The predicted octanol–water partition coefficient (Wildman–Crippen LogP) is 0.889. The summed E-state index contributed by atoms with van der Waals surface area (Å²) in [5, 5.41) is 8.00. The van der Waals surface area contributed by atoms with Gasteiger partial charge in [0, 0.05) is 0 Å². The van der Waals surface area contributed by atoms with Gasteiger partial charge in [0.15, 0.2) is 0 Å². The topological polar surface area (TPSA) is 169 Å². The fourth-order valence-electron chi connectivity index (χ4n) is 2.95. The Labute approximate surface area is 204 Å². The summed E-state index contributed by atoms with van der Waals surface area (Å²) in [7, 11) is 3.09. The van der Waals surface area contributed by atoms with Crippen LogP contribution in [0.5, 0.6) is 11.5 Å². The van der Waals surface area contributed by atoms with Crippen molar-refractivity contribution in [2.75, 3.05) is 14.2 Å². The molecule has 2 saturated heterocycles. The standard InChI is InChI=1S/2C12H10N2O4/c2*1-18-8-4-2-7(3-5-8)6-9-10(15)13-12(17)14-11(9)16/h2*2-6H,1H3,(H2,13,14,15,16,17). The highest BCUT2D eigenvalue weighted by molar-refractivity contribution is 6.31. The van der Waals surface area contributed by atoms with Crippen LogP contribution >= 0.6 is 0 Å². The number of hydrogen-bond donors (Lipinski definition) is 4. The van der Waals surface area contributed by atoms with Crippen LogP contribution in [0, 0.1) is 0 Å². The van der Waals surface area contributed by atoms with Crippen LogP contribution in [-0.4, -0.2) is 49.9 Å². The normalized spacial score (nSPS) is 14.9. The van der Waals surface area contributed by atoms with Crippen LogP contribution in [0.4, 0.5) is 9.59 Å². The molecule has 2 aliphatic rings. The van der Waals surface area contributed by atoms with Gasteiger partial charge in [-0.25, -0.2) is 9.59 Å². The molecule has 0 atom stereocenters. The Morgan fingerprint density at radius 1 is 0.500 bits per heavy atom. The summed E-state index contributed by atoms with van der Waals surface area (Å²) in [6, 6.07) is 12.0. The second-order valence-corrected chi connectivity index (χ2v) is 7.14. The van der Waals surface area contributed by atoms with Crippen molar-refractivity contribution in [3.8, 4) is 11.5 Å². The minimum absolute atomic E-state index is 0.111. The number of carbonyl (C=O) groups is 6. The smallest absolute Gasteiger partial charge is 0.328 e. The fraction of sp³-hybridized carbons (Fsp3) is 0.0833. The maximum absolute atomic E-state index is 11.5. The van der Waals surface area contributed by atoms with Gasteiger partial charge < -0.3 is 9.47 Å². The van der Waals surface area contributed by atoms with Crippen LogP contribution in [0.1, 0.15) is 11.1 Å². The van der Waals surface area contributed by atoms with Crippen molar-refractivity contribution in [1.82, 2.24) is 21.3 Å². The Morgan fingerprint density at radius 2 is 0.778 bits per heavy atom. The lowest BCUT2D eigenvalue weighted by Gasteiger charge is -2.13. The third-order valence-corrected chi connectivity index (χ3v) is 4.74. The van der Waals surface area contributed by atoms with Crippen LogP contribution in [-0.2, 0) is 19.2 Å². The van der Waals surface area contributed by atoms with Gasteiger partial charge in [-0.15, -0.1) is 0 Å². The van der Waals surface area contributed by atoms with Gasteiger partial charge in [0.2, 0.25) is 0 Å². The molecule has 184 valence electrons. The minimum atomic E-state index is -0.808. The number of imide groups is 4. The summed E-state index contributed by atoms with van der Waals surface area (Å²) in [6.45, 7) is 0. The van der Waals surface area contributed by atoms with Crippen molar-refractivity contribution in [2.24, 2.45) is 0 Å². The third kappa shape index (κ3) is 6.41. The molecule has 0 radical (unpaired) electrons. The number of barbiturate groups is 2. The monoisotopic (exact) mass is 492 g/mol. The highest BCUT2D eigenvalue weighted by Gasteiger charge is 2.28. The highest BCUT2D eigenvalue weighted by atomic mass is 16.5. The van der Waals surface area contributed by atoms with E-state index >= 15 is 0 Å². The summed E-state index contributed by atoms with van der Waals surface area (Å²) >= 11 is 0. The zero-order chi connectivity index (χ0) is 26.2. The quantitative estimate of drug-likeness (QED) is 0.360. The number of amides is 8. The maximum atomic E-state index is 11.5. The first-order valence-corrected chi connectivity index (χ1v) is 10.2. The van der Waals surface area contributed by atoms with E-state index in [1.165, 1.54) is 12.2 Å².